The second kappa shape index (κ2) is 5.02. The molecule has 3 nitrogen and oxygen atoms in total. The highest BCUT2D eigenvalue weighted by Crippen LogP contribution is 2.37. The van der Waals surface area contributed by atoms with Crippen LogP contribution in [0.3, 0.4) is 0 Å². The molecule has 0 radical (unpaired) electrons. The number of carboxylic acid groups (broad SMARTS) is 1. The Bertz CT molecular complexity index is 456. The van der Waals surface area contributed by atoms with Crippen LogP contribution in [-0.4, -0.2) is 24.3 Å². The highest BCUT2D eigenvalue weighted by Gasteiger charge is 2.40. The average Bonchev–Trinajstić information content (AvgIpc) is 2.26. The van der Waals surface area contributed by atoms with E-state index >= 15 is 0 Å². The third-order valence-electron chi connectivity index (χ3n) is 3.33. The molecule has 1 heterocycles. The molecule has 0 spiro atoms. The van der Waals surface area contributed by atoms with Crippen molar-refractivity contribution in [2.24, 2.45) is 0 Å². The molecule has 0 saturated carbocycles. The van der Waals surface area contributed by atoms with Gasteiger partial charge < -0.3 is 9.84 Å². The number of carboxylic acids is 1. The lowest BCUT2D eigenvalue weighted by Gasteiger charge is -2.42. The molecule has 1 N–H and O–H groups in total. The average molecular weight is 256 g/mol. The van der Waals surface area contributed by atoms with E-state index in [0.717, 1.165) is 6.07 Å². The topological polar surface area (TPSA) is 46.5 Å². The fraction of sp³-hybridized carbons (Fsp3) is 0.462. The molecule has 1 aromatic rings. The smallest absolute Gasteiger partial charge is 0.303 e. The van der Waals surface area contributed by atoms with Crippen molar-refractivity contribution < 1.29 is 23.4 Å². The van der Waals surface area contributed by atoms with Crippen LogP contribution >= 0.6 is 0 Å². The van der Waals surface area contributed by atoms with Crippen LogP contribution < -0.4 is 0 Å². The third kappa shape index (κ3) is 2.51. The van der Waals surface area contributed by atoms with Crippen LogP contribution in [0.5, 0.6) is 0 Å². The number of aliphatic carboxylic acids is 1. The van der Waals surface area contributed by atoms with E-state index in [2.05, 4.69) is 0 Å². The normalized spacial score (nSPS) is 17.2. The van der Waals surface area contributed by atoms with Gasteiger partial charge in [-0.15, -0.1) is 0 Å². The highest BCUT2D eigenvalue weighted by atomic mass is 19.2. The second-order valence-electron chi connectivity index (χ2n) is 4.65. The van der Waals surface area contributed by atoms with Crippen molar-refractivity contribution in [1.29, 1.82) is 0 Å². The van der Waals surface area contributed by atoms with Crippen molar-refractivity contribution in [3.63, 3.8) is 0 Å². The SMILES string of the molecule is O=C(O)CCCC1(c2ccc(F)c(F)c2)COC1. The van der Waals surface area contributed by atoms with Crippen LogP contribution in [0.15, 0.2) is 18.2 Å². The quantitative estimate of drug-likeness (QED) is 0.880. The first-order valence-electron chi connectivity index (χ1n) is 5.79. The first-order chi connectivity index (χ1) is 8.53. The number of benzene rings is 1. The van der Waals surface area contributed by atoms with E-state index in [1.165, 1.54) is 6.07 Å². The van der Waals surface area contributed by atoms with Gasteiger partial charge in [0.2, 0.25) is 0 Å². The minimum absolute atomic E-state index is 0.0748. The molecule has 18 heavy (non-hydrogen) atoms. The van der Waals surface area contributed by atoms with Gasteiger partial charge in [-0.2, -0.15) is 0 Å². The molecule has 2 rings (SSSR count). The van der Waals surface area contributed by atoms with Crippen LogP contribution in [0.2, 0.25) is 0 Å². The molecule has 0 aliphatic carbocycles. The Hall–Kier alpha value is -1.49. The Kier molecular flexibility index (Phi) is 3.61. The summed E-state index contributed by atoms with van der Waals surface area (Å²) in [6.07, 6.45) is 1.17. The zero-order chi connectivity index (χ0) is 13.2. The Balaban J connectivity index is 2.11. The highest BCUT2D eigenvalue weighted by molar-refractivity contribution is 5.66. The van der Waals surface area contributed by atoms with Crippen LogP contribution in [-0.2, 0) is 14.9 Å². The van der Waals surface area contributed by atoms with Gasteiger partial charge in [0.05, 0.1) is 13.2 Å². The number of hydrogen-bond acceptors (Lipinski definition) is 2. The molecule has 0 amide bonds. The maximum atomic E-state index is 13.2. The molecule has 1 aliphatic rings. The summed E-state index contributed by atoms with van der Waals surface area (Å²) in [7, 11) is 0. The van der Waals surface area contributed by atoms with Crippen molar-refractivity contribution in [2.45, 2.75) is 24.7 Å². The molecule has 1 saturated heterocycles. The number of ether oxygens (including phenoxy) is 1. The summed E-state index contributed by atoms with van der Waals surface area (Å²) in [5.74, 6) is -2.60. The van der Waals surface area contributed by atoms with E-state index in [4.69, 9.17) is 9.84 Å². The lowest BCUT2D eigenvalue weighted by Crippen LogP contribution is -2.46. The lowest BCUT2D eigenvalue weighted by molar-refractivity contribution is -0.137. The van der Waals surface area contributed by atoms with E-state index in [1.54, 1.807) is 6.07 Å². The van der Waals surface area contributed by atoms with Gasteiger partial charge in [0.15, 0.2) is 11.6 Å². The summed E-state index contributed by atoms with van der Waals surface area (Å²) in [5.41, 5.74) is 0.322. The molecule has 5 heteroatoms. The second-order valence-corrected chi connectivity index (χ2v) is 4.65. The fourth-order valence-electron chi connectivity index (χ4n) is 2.21. The van der Waals surface area contributed by atoms with Gasteiger partial charge in [-0.1, -0.05) is 6.07 Å². The molecule has 0 aromatic heterocycles. The van der Waals surface area contributed by atoms with Crippen LogP contribution in [0, 0.1) is 11.6 Å². The van der Waals surface area contributed by atoms with Crippen LogP contribution in [0.1, 0.15) is 24.8 Å². The summed E-state index contributed by atoms with van der Waals surface area (Å²) in [6, 6.07) is 3.82. The molecule has 1 aromatic carbocycles. The van der Waals surface area contributed by atoms with Crippen molar-refractivity contribution in [1.82, 2.24) is 0 Å². The monoisotopic (exact) mass is 256 g/mol. The van der Waals surface area contributed by atoms with Gasteiger partial charge in [0, 0.05) is 11.8 Å². The first kappa shape index (κ1) is 13.0. The summed E-state index contributed by atoms with van der Waals surface area (Å²) in [6.45, 7) is 0.857. The third-order valence-corrected chi connectivity index (χ3v) is 3.33. The molecular weight excluding hydrogens is 242 g/mol. The molecule has 1 aliphatic heterocycles. The van der Waals surface area contributed by atoms with Crippen LogP contribution in [0.25, 0.3) is 0 Å². The Morgan fingerprint density at radius 2 is 2.06 bits per heavy atom. The minimum Gasteiger partial charge on any atom is -0.481 e. The van der Waals surface area contributed by atoms with E-state index in [-0.39, 0.29) is 11.8 Å². The summed E-state index contributed by atoms with van der Waals surface area (Å²) in [5, 5.41) is 8.61. The van der Waals surface area contributed by atoms with E-state index in [1.807, 2.05) is 0 Å². The minimum atomic E-state index is -0.878. The van der Waals surface area contributed by atoms with Gasteiger partial charge in [0.1, 0.15) is 0 Å². The predicted octanol–water partition coefficient (Wildman–Crippen LogP) is 2.49. The van der Waals surface area contributed by atoms with E-state index in [9.17, 15) is 13.6 Å². The van der Waals surface area contributed by atoms with Crippen LogP contribution in [0.4, 0.5) is 8.78 Å². The number of carbonyl (C=O) groups is 1. The summed E-state index contributed by atoms with van der Waals surface area (Å²) >= 11 is 0. The van der Waals surface area contributed by atoms with Gasteiger partial charge >= 0.3 is 5.97 Å². The summed E-state index contributed by atoms with van der Waals surface area (Å²) < 4.78 is 31.2. The Labute approximate surface area is 103 Å². The zero-order valence-electron chi connectivity index (χ0n) is 9.79. The van der Waals surface area contributed by atoms with Gasteiger partial charge in [0.25, 0.3) is 0 Å². The number of rotatable bonds is 5. The van der Waals surface area contributed by atoms with Crippen molar-refractivity contribution in [2.75, 3.05) is 13.2 Å². The maximum Gasteiger partial charge on any atom is 0.303 e. The van der Waals surface area contributed by atoms with E-state index < -0.39 is 17.6 Å². The van der Waals surface area contributed by atoms with Crippen molar-refractivity contribution in [3.8, 4) is 0 Å². The maximum absolute atomic E-state index is 13.2. The largest absolute Gasteiger partial charge is 0.481 e. The molecular formula is C13H14F2O3. The Morgan fingerprint density at radius 3 is 2.56 bits per heavy atom. The Morgan fingerprint density at radius 1 is 1.33 bits per heavy atom. The van der Waals surface area contributed by atoms with E-state index in [0.29, 0.717) is 31.6 Å². The standard InChI is InChI=1S/C13H14F2O3/c14-10-4-3-9(6-11(10)15)13(7-18-8-13)5-1-2-12(16)17/h3-4,6H,1-2,5,7-8H2,(H,16,17). The van der Waals surface area contributed by atoms with Gasteiger partial charge in [-0.05, 0) is 30.5 Å². The number of halogens is 2. The lowest BCUT2D eigenvalue weighted by atomic mass is 9.74. The molecule has 0 bridgehead atoms. The molecule has 98 valence electrons. The zero-order valence-corrected chi connectivity index (χ0v) is 9.79. The number of hydrogen-bond donors (Lipinski definition) is 1. The predicted molar refractivity (Wildman–Crippen MR) is 60.3 cm³/mol. The first-order valence-corrected chi connectivity index (χ1v) is 5.79. The molecule has 0 unspecified atom stereocenters. The molecule has 1 fully saturated rings. The van der Waals surface area contributed by atoms with Crippen molar-refractivity contribution in [3.05, 3.63) is 35.4 Å². The summed E-state index contributed by atoms with van der Waals surface area (Å²) in [4.78, 5) is 10.5. The molecule has 0 atom stereocenters. The van der Waals surface area contributed by atoms with Gasteiger partial charge in [-0.3, -0.25) is 4.79 Å². The fourth-order valence-corrected chi connectivity index (χ4v) is 2.21. The van der Waals surface area contributed by atoms with Gasteiger partial charge in [-0.25, -0.2) is 8.78 Å². The van der Waals surface area contributed by atoms with Crippen molar-refractivity contribution >= 4 is 5.97 Å².